The number of aryl methyl sites for hydroxylation is 1. The molecule has 9 heteroatoms. The maximum atomic E-state index is 12.4. The lowest BCUT2D eigenvalue weighted by molar-refractivity contribution is 0.0947. The number of aromatic nitrogens is 2. The summed E-state index contributed by atoms with van der Waals surface area (Å²) in [7, 11) is 0. The summed E-state index contributed by atoms with van der Waals surface area (Å²) in [4.78, 5) is 35.1. The Hall–Kier alpha value is -3.98. The molecule has 0 bridgehead atoms. The van der Waals surface area contributed by atoms with Crippen LogP contribution in [0.15, 0.2) is 54.7 Å². The molecule has 0 unspecified atom stereocenters. The summed E-state index contributed by atoms with van der Waals surface area (Å²) in [6.07, 6.45) is 1.38. The summed E-state index contributed by atoms with van der Waals surface area (Å²) >= 11 is 0. The predicted molar refractivity (Wildman–Crippen MR) is 135 cm³/mol. The van der Waals surface area contributed by atoms with Crippen LogP contribution in [0.2, 0.25) is 0 Å². The van der Waals surface area contributed by atoms with Crippen LogP contribution in [0.25, 0.3) is 0 Å². The van der Waals surface area contributed by atoms with Gasteiger partial charge < -0.3 is 26.6 Å². The Morgan fingerprint density at radius 1 is 1.00 bits per heavy atom. The summed E-state index contributed by atoms with van der Waals surface area (Å²) in [6, 6.07) is 14.7. The summed E-state index contributed by atoms with van der Waals surface area (Å²) in [5.74, 6) is -0.153. The van der Waals surface area contributed by atoms with E-state index in [4.69, 9.17) is 5.73 Å². The van der Waals surface area contributed by atoms with Crippen molar-refractivity contribution in [3.05, 3.63) is 71.4 Å². The lowest BCUT2D eigenvalue weighted by Crippen LogP contribution is -2.34. The minimum atomic E-state index is -0.627. The predicted octanol–water partition coefficient (Wildman–Crippen LogP) is 3.44. The fourth-order valence-corrected chi connectivity index (χ4v) is 3.38. The van der Waals surface area contributed by atoms with Gasteiger partial charge in [0.2, 0.25) is 5.95 Å². The molecule has 0 spiro atoms. The third-order valence-electron chi connectivity index (χ3n) is 5.35. The smallest absolute Gasteiger partial charge is 0.254 e. The molecule has 3 rings (SSSR count). The first-order valence-corrected chi connectivity index (χ1v) is 11.3. The monoisotopic (exact) mass is 461 g/mol. The largest absolute Gasteiger partial charge is 0.365 e. The molecular weight excluding hydrogens is 430 g/mol. The highest BCUT2D eigenvalue weighted by atomic mass is 16.2. The van der Waals surface area contributed by atoms with E-state index in [2.05, 4.69) is 44.7 Å². The molecule has 178 valence electrons. The lowest BCUT2D eigenvalue weighted by atomic mass is 10.2. The molecule has 0 aliphatic carbocycles. The molecule has 2 amide bonds. The second-order valence-corrected chi connectivity index (χ2v) is 7.80. The van der Waals surface area contributed by atoms with Crippen molar-refractivity contribution in [2.45, 2.75) is 20.8 Å². The molecule has 9 nitrogen and oxygen atoms in total. The van der Waals surface area contributed by atoms with Gasteiger partial charge in [-0.3, -0.25) is 9.59 Å². The van der Waals surface area contributed by atoms with Crippen LogP contribution in [-0.4, -0.2) is 52.9 Å². The van der Waals surface area contributed by atoms with Crippen molar-refractivity contribution in [2.75, 3.05) is 36.8 Å². The average molecular weight is 462 g/mol. The first-order valence-electron chi connectivity index (χ1n) is 11.3. The molecule has 0 radical (unpaired) electrons. The van der Waals surface area contributed by atoms with Crippen LogP contribution in [-0.2, 0) is 0 Å². The minimum absolute atomic E-state index is 0.120. The van der Waals surface area contributed by atoms with Gasteiger partial charge in [0, 0.05) is 36.2 Å². The van der Waals surface area contributed by atoms with Crippen LogP contribution in [0.5, 0.6) is 0 Å². The van der Waals surface area contributed by atoms with Crippen molar-refractivity contribution >= 4 is 35.0 Å². The van der Waals surface area contributed by atoms with E-state index in [-0.39, 0.29) is 17.4 Å². The minimum Gasteiger partial charge on any atom is -0.365 e. The molecule has 34 heavy (non-hydrogen) atoms. The Morgan fingerprint density at radius 2 is 1.74 bits per heavy atom. The van der Waals surface area contributed by atoms with Gasteiger partial charge in [-0.15, -0.1) is 0 Å². The fourth-order valence-electron chi connectivity index (χ4n) is 3.38. The molecule has 0 aliphatic heterocycles. The van der Waals surface area contributed by atoms with E-state index in [9.17, 15) is 9.59 Å². The summed E-state index contributed by atoms with van der Waals surface area (Å²) in [6.45, 7) is 9.50. The van der Waals surface area contributed by atoms with Gasteiger partial charge in [-0.1, -0.05) is 26.0 Å². The van der Waals surface area contributed by atoms with Crippen molar-refractivity contribution in [1.82, 2.24) is 20.2 Å². The van der Waals surface area contributed by atoms with Crippen LogP contribution in [0.1, 0.15) is 40.1 Å². The Morgan fingerprint density at radius 3 is 2.38 bits per heavy atom. The molecule has 1 heterocycles. The van der Waals surface area contributed by atoms with Crippen LogP contribution in [0.4, 0.5) is 23.1 Å². The zero-order valence-corrected chi connectivity index (χ0v) is 19.8. The number of primary amides is 1. The van der Waals surface area contributed by atoms with Gasteiger partial charge in [0.15, 0.2) is 0 Å². The molecule has 1 aromatic heterocycles. The van der Waals surface area contributed by atoms with Crippen molar-refractivity contribution in [3.63, 3.8) is 0 Å². The number of carbonyl (C=O) groups is 2. The van der Waals surface area contributed by atoms with Gasteiger partial charge in [-0.05, 0) is 62.0 Å². The van der Waals surface area contributed by atoms with Gasteiger partial charge in [0.05, 0.1) is 0 Å². The molecule has 0 aliphatic rings. The number of nitrogens with one attached hydrogen (secondary N) is 3. The van der Waals surface area contributed by atoms with Gasteiger partial charge in [0.25, 0.3) is 11.8 Å². The van der Waals surface area contributed by atoms with Crippen LogP contribution < -0.4 is 21.7 Å². The normalized spacial score (nSPS) is 10.7. The Labute approximate surface area is 199 Å². The standard InChI is InChI=1S/C25H31N7O2/c1-4-32(5-2)14-13-27-24(34)18-9-11-19(12-10-18)30-25-28-16-21(22(26)33)23(31-25)29-20-8-6-7-17(3)15-20/h6-12,15-16H,4-5,13-14H2,1-3H3,(H2,26,33)(H,27,34)(H2,28,29,30,31). The second kappa shape index (κ2) is 11.8. The van der Waals surface area contributed by atoms with E-state index in [0.717, 1.165) is 30.9 Å². The zero-order valence-electron chi connectivity index (χ0n) is 19.8. The first kappa shape index (κ1) is 24.7. The van der Waals surface area contributed by atoms with Crippen molar-refractivity contribution in [3.8, 4) is 0 Å². The topological polar surface area (TPSA) is 125 Å². The number of carbonyl (C=O) groups excluding carboxylic acids is 2. The van der Waals surface area contributed by atoms with E-state index in [1.807, 2.05) is 31.2 Å². The maximum Gasteiger partial charge on any atom is 0.254 e. The van der Waals surface area contributed by atoms with Crippen LogP contribution >= 0.6 is 0 Å². The lowest BCUT2D eigenvalue weighted by Gasteiger charge is -2.18. The zero-order chi connectivity index (χ0) is 24.5. The highest BCUT2D eigenvalue weighted by Gasteiger charge is 2.13. The van der Waals surface area contributed by atoms with E-state index < -0.39 is 5.91 Å². The Balaban J connectivity index is 1.68. The molecule has 0 saturated heterocycles. The van der Waals surface area contributed by atoms with Gasteiger partial charge in [-0.2, -0.15) is 4.98 Å². The Bertz CT molecular complexity index is 1130. The van der Waals surface area contributed by atoms with Crippen LogP contribution in [0, 0.1) is 6.92 Å². The number of anilines is 4. The fraction of sp³-hybridized carbons (Fsp3) is 0.280. The molecule has 5 N–H and O–H groups in total. The van der Waals surface area contributed by atoms with Gasteiger partial charge in [-0.25, -0.2) is 4.98 Å². The number of nitrogens with two attached hydrogens (primary N) is 1. The number of amides is 2. The highest BCUT2D eigenvalue weighted by molar-refractivity contribution is 5.98. The number of benzene rings is 2. The van der Waals surface area contributed by atoms with Gasteiger partial charge in [0.1, 0.15) is 11.4 Å². The number of hydrogen-bond acceptors (Lipinski definition) is 7. The molecule has 2 aromatic carbocycles. The van der Waals surface area contributed by atoms with Crippen LogP contribution in [0.3, 0.4) is 0 Å². The molecular formula is C25H31N7O2. The summed E-state index contributed by atoms with van der Waals surface area (Å²) < 4.78 is 0. The molecule has 0 fully saturated rings. The maximum absolute atomic E-state index is 12.4. The second-order valence-electron chi connectivity index (χ2n) is 7.80. The number of nitrogens with zero attached hydrogens (tertiary/aromatic N) is 3. The molecule has 3 aromatic rings. The summed E-state index contributed by atoms with van der Waals surface area (Å²) in [5, 5.41) is 9.17. The Kier molecular flexibility index (Phi) is 8.53. The number of likely N-dealkylation sites (N-methyl/N-ethyl adjacent to an activating group) is 1. The van der Waals surface area contributed by atoms with Crippen molar-refractivity contribution in [2.24, 2.45) is 5.73 Å². The van der Waals surface area contributed by atoms with Gasteiger partial charge >= 0.3 is 0 Å². The third-order valence-corrected chi connectivity index (χ3v) is 5.35. The first-order chi connectivity index (χ1) is 16.4. The highest BCUT2D eigenvalue weighted by Crippen LogP contribution is 2.22. The van der Waals surface area contributed by atoms with Crippen molar-refractivity contribution in [1.29, 1.82) is 0 Å². The number of hydrogen-bond donors (Lipinski definition) is 4. The summed E-state index contributed by atoms with van der Waals surface area (Å²) in [5.41, 5.74) is 8.79. The van der Waals surface area contributed by atoms with E-state index in [1.54, 1.807) is 24.3 Å². The quantitative estimate of drug-likeness (QED) is 0.345. The SMILES string of the molecule is CCN(CC)CCNC(=O)c1ccc(Nc2ncc(C(N)=O)c(Nc3cccc(C)c3)n2)cc1. The van der Waals surface area contributed by atoms with E-state index >= 15 is 0 Å². The third kappa shape index (κ3) is 6.76. The van der Waals surface area contributed by atoms with E-state index in [1.165, 1.54) is 6.20 Å². The van der Waals surface area contributed by atoms with Crippen molar-refractivity contribution < 1.29 is 9.59 Å². The number of rotatable bonds is 11. The molecule has 0 atom stereocenters. The molecule has 0 saturated carbocycles. The average Bonchev–Trinajstić information content (AvgIpc) is 2.82. The van der Waals surface area contributed by atoms with E-state index in [0.29, 0.717) is 23.6 Å².